The second kappa shape index (κ2) is 9.29. The van der Waals surface area contributed by atoms with Gasteiger partial charge in [-0.1, -0.05) is 6.07 Å². The van der Waals surface area contributed by atoms with Gasteiger partial charge >= 0.3 is 47.6 Å². The highest BCUT2D eigenvalue weighted by Gasteiger charge is 2.95. The first kappa shape index (κ1) is 32.7. The van der Waals surface area contributed by atoms with Gasteiger partial charge in [0.15, 0.2) is 18.9 Å². The summed E-state index contributed by atoms with van der Waals surface area (Å²) in [5.74, 6) is -56.0. The number of aryl methyl sites for hydroxylation is 1. The zero-order valence-corrected chi connectivity index (χ0v) is 17.7. The van der Waals surface area contributed by atoms with Crippen LogP contribution in [0.15, 0.2) is 30.6 Å². The Hall–Kier alpha value is -1.31. The molecule has 0 fully saturated rings. The lowest BCUT2D eigenvalue weighted by Gasteiger charge is -2.42. The summed E-state index contributed by atoms with van der Waals surface area (Å²) in [6.45, 7) is -1.36. The van der Waals surface area contributed by atoms with E-state index in [9.17, 15) is 74.6 Å². The van der Waals surface area contributed by atoms with E-state index in [1.54, 1.807) is 0 Å². The smallest absolute Gasteiger partial charge is 0.460 e. The number of nitrogens with zero attached hydrogens (tertiary/aromatic N) is 1. The molecular weight excluding hydrogens is 644 g/mol. The molecule has 0 aromatic carbocycles. The van der Waals surface area contributed by atoms with E-state index in [1.807, 2.05) is 0 Å². The average molecular weight is 653 g/mol. The van der Waals surface area contributed by atoms with Gasteiger partial charge in [0, 0.05) is 12.1 Å². The summed E-state index contributed by atoms with van der Waals surface area (Å²) in [6, 6.07) is 3.42. The molecule has 0 aliphatic carbocycles. The number of alkyl halides is 17. The van der Waals surface area contributed by atoms with Gasteiger partial charge in [-0.2, -0.15) is 74.6 Å². The Morgan fingerprint density at radius 1 is 0.441 bits per heavy atom. The van der Waals surface area contributed by atoms with E-state index in [4.69, 9.17) is 0 Å². The molecule has 0 radical (unpaired) electrons. The standard InChI is InChI=1S/C15H9F17N.HI/c16-8(17,4-7-33-5-2-1-3-6-33)9(18,19)10(20,21)11(22,23)12(24,25)13(26,27)14(28,29)15(30,31)32;/h1-3,5-6H,4,7H2;1H/q+1;/p-1. The van der Waals surface area contributed by atoms with Crippen LogP contribution in [-0.4, -0.2) is 47.6 Å². The van der Waals surface area contributed by atoms with Crippen LogP contribution in [0.25, 0.3) is 0 Å². The van der Waals surface area contributed by atoms with Gasteiger partial charge in [0.1, 0.15) is 0 Å². The van der Waals surface area contributed by atoms with E-state index < -0.39 is 60.6 Å². The van der Waals surface area contributed by atoms with Crippen LogP contribution in [0, 0.1) is 0 Å². The molecule has 34 heavy (non-hydrogen) atoms. The molecule has 0 spiro atoms. The van der Waals surface area contributed by atoms with Crippen LogP contribution in [0.1, 0.15) is 6.42 Å². The number of halogens is 18. The summed E-state index contributed by atoms with van der Waals surface area (Å²) in [5, 5.41) is 0. The first-order valence-electron chi connectivity index (χ1n) is 7.98. The average Bonchev–Trinajstić information content (AvgIpc) is 2.65. The number of aromatic nitrogens is 1. The largest absolute Gasteiger partial charge is 1.00 e. The maximum absolute atomic E-state index is 13.7. The van der Waals surface area contributed by atoms with Crippen molar-refractivity contribution in [2.24, 2.45) is 0 Å². The Kier molecular flexibility index (Phi) is 8.93. The Balaban J connectivity index is 0.0000109. The van der Waals surface area contributed by atoms with Crippen molar-refractivity contribution in [3.05, 3.63) is 30.6 Å². The summed E-state index contributed by atoms with van der Waals surface area (Å²) in [4.78, 5) is 0. The summed E-state index contributed by atoms with van der Waals surface area (Å²) >= 11 is 0. The van der Waals surface area contributed by atoms with Crippen molar-refractivity contribution in [2.45, 2.75) is 60.6 Å². The molecule has 0 amide bonds. The fourth-order valence-corrected chi connectivity index (χ4v) is 2.21. The van der Waals surface area contributed by atoms with Crippen molar-refractivity contribution in [1.82, 2.24) is 0 Å². The van der Waals surface area contributed by atoms with Crippen LogP contribution < -0.4 is 28.5 Å². The first-order chi connectivity index (χ1) is 14.3. The van der Waals surface area contributed by atoms with Crippen molar-refractivity contribution in [2.75, 3.05) is 0 Å². The predicted molar refractivity (Wildman–Crippen MR) is 71.9 cm³/mol. The molecule has 200 valence electrons. The summed E-state index contributed by atoms with van der Waals surface area (Å²) in [6.07, 6.45) is -8.52. The van der Waals surface area contributed by atoms with Crippen LogP contribution in [0.3, 0.4) is 0 Å². The number of rotatable bonds is 9. The number of hydrogen-bond acceptors (Lipinski definition) is 0. The predicted octanol–water partition coefficient (Wildman–Crippen LogP) is 3.38. The summed E-state index contributed by atoms with van der Waals surface area (Å²) in [7, 11) is 0. The molecule has 0 aliphatic heterocycles. The van der Waals surface area contributed by atoms with E-state index >= 15 is 0 Å². The van der Waals surface area contributed by atoms with Gasteiger partial charge in [0.2, 0.25) is 0 Å². The molecule has 0 aliphatic rings. The first-order valence-corrected chi connectivity index (χ1v) is 7.98. The molecule has 0 bridgehead atoms. The Morgan fingerprint density at radius 2 is 0.765 bits per heavy atom. The minimum atomic E-state index is -8.60. The molecule has 1 aromatic rings. The number of pyridine rings is 1. The highest BCUT2D eigenvalue weighted by atomic mass is 127. The van der Waals surface area contributed by atoms with Crippen molar-refractivity contribution in [1.29, 1.82) is 0 Å². The topological polar surface area (TPSA) is 3.88 Å². The third kappa shape index (κ3) is 4.72. The third-order valence-corrected chi connectivity index (χ3v) is 4.25. The van der Waals surface area contributed by atoms with Crippen LogP contribution in [0.4, 0.5) is 74.6 Å². The fourth-order valence-electron chi connectivity index (χ4n) is 2.21. The molecule has 0 saturated carbocycles. The monoisotopic (exact) mass is 653 g/mol. The molecule has 19 heteroatoms. The van der Waals surface area contributed by atoms with Gasteiger partial charge in [0.05, 0.1) is 6.42 Å². The molecule has 1 nitrogen and oxygen atoms in total. The second-order valence-corrected chi connectivity index (χ2v) is 6.51. The highest BCUT2D eigenvalue weighted by Crippen LogP contribution is 2.64. The van der Waals surface area contributed by atoms with Crippen molar-refractivity contribution in [3.8, 4) is 0 Å². The van der Waals surface area contributed by atoms with Gasteiger partial charge in [-0.15, -0.1) is 0 Å². The molecule has 0 unspecified atom stereocenters. The van der Waals surface area contributed by atoms with E-state index in [-0.39, 0.29) is 24.0 Å². The Labute approximate surface area is 194 Å². The van der Waals surface area contributed by atoms with Crippen LogP contribution in [0.5, 0.6) is 0 Å². The van der Waals surface area contributed by atoms with Crippen molar-refractivity contribution >= 4 is 0 Å². The van der Waals surface area contributed by atoms with E-state index in [0.717, 1.165) is 24.5 Å². The van der Waals surface area contributed by atoms with Gasteiger partial charge < -0.3 is 24.0 Å². The van der Waals surface area contributed by atoms with Gasteiger partial charge in [-0.3, -0.25) is 0 Å². The highest BCUT2D eigenvalue weighted by molar-refractivity contribution is 5.15. The SMILES string of the molecule is FC(F)(F)C(F)(F)C(F)(F)C(F)(F)C(F)(F)C(F)(F)C(F)(F)C(F)(F)CC[n+]1ccccc1.[I-]. The van der Waals surface area contributed by atoms with Gasteiger partial charge in [-0.05, 0) is 0 Å². The molecular formula is C15H9F17IN. The maximum atomic E-state index is 13.7. The fraction of sp³-hybridized carbons (Fsp3) is 0.667. The molecule has 1 aromatic heterocycles. The Morgan fingerprint density at radius 3 is 1.12 bits per heavy atom. The van der Waals surface area contributed by atoms with Crippen molar-refractivity contribution < 1.29 is 103 Å². The maximum Gasteiger partial charge on any atom is 0.460 e. The van der Waals surface area contributed by atoms with Crippen LogP contribution in [0.2, 0.25) is 0 Å². The van der Waals surface area contributed by atoms with E-state index in [2.05, 4.69) is 0 Å². The van der Waals surface area contributed by atoms with Crippen LogP contribution >= 0.6 is 0 Å². The molecule has 1 rings (SSSR count). The molecule has 0 atom stereocenters. The second-order valence-electron chi connectivity index (χ2n) is 6.51. The van der Waals surface area contributed by atoms with Crippen molar-refractivity contribution in [3.63, 3.8) is 0 Å². The third-order valence-electron chi connectivity index (χ3n) is 4.25. The van der Waals surface area contributed by atoms with Gasteiger partial charge in [-0.25, -0.2) is 4.57 Å². The van der Waals surface area contributed by atoms with Crippen LogP contribution in [-0.2, 0) is 6.54 Å². The van der Waals surface area contributed by atoms with E-state index in [0.29, 0.717) is 4.57 Å². The minimum absolute atomic E-state index is 0. The normalized spacial score (nSPS) is 15.2. The lowest BCUT2D eigenvalue weighted by molar-refractivity contribution is -0.700. The molecule has 1 heterocycles. The quantitative estimate of drug-likeness (QED) is 0.219. The zero-order valence-electron chi connectivity index (χ0n) is 15.6. The number of hydrogen-bond donors (Lipinski definition) is 0. The zero-order chi connectivity index (χ0) is 26.5. The summed E-state index contributed by atoms with van der Waals surface area (Å²) < 4.78 is 223. The Bertz CT molecular complexity index is 818. The summed E-state index contributed by atoms with van der Waals surface area (Å²) in [5.41, 5.74) is 0. The lowest BCUT2D eigenvalue weighted by atomic mass is 9.88. The molecule has 0 N–H and O–H groups in total. The lowest BCUT2D eigenvalue weighted by Crippen LogP contribution is -3.00. The molecule has 0 saturated heterocycles. The van der Waals surface area contributed by atoms with E-state index in [1.165, 1.54) is 6.07 Å². The van der Waals surface area contributed by atoms with Gasteiger partial charge in [0.25, 0.3) is 0 Å². The minimum Gasteiger partial charge on any atom is -1.00 e.